The quantitative estimate of drug-likeness (QED) is 0.0140. The molecule has 2 saturated heterocycles. The van der Waals surface area contributed by atoms with Crippen LogP contribution < -0.4 is 20.1 Å². The highest BCUT2D eigenvalue weighted by molar-refractivity contribution is 6.61. The Labute approximate surface area is 494 Å². The maximum absolute atomic E-state index is 13.7. The summed E-state index contributed by atoms with van der Waals surface area (Å²) in [7, 11) is -5.80. The fraction of sp³-hybridized carbons (Fsp3) is 0.524. The van der Waals surface area contributed by atoms with Crippen LogP contribution >= 0.6 is 0 Å². The Hall–Kier alpha value is -5.47. The third-order valence-electron chi connectivity index (χ3n) is 13.6. The predicted molar refractivity (Wildman–Crippen MR) is 321 cm³/mol. The number of hydrogen-bond donors (Lipinski definition) is 2. The van der Waals surface area contributed by atoms with E-state index in [0.717, 1.165) is 33.4 Å². The Bertz CT molecular complexity index is 2460. The van der Waals surface area contributed by atoms with Gasteiger partial charge in [0, 0.05) is 77.7 Å². The second-order valence-corrected chi connectivity index (χ2v) is 25.3. The number of hydrogen-bond acceptors (Lipinski definition) is 16. The summed E-state index contributed by atoms with van der Waals surface area (Å²) in [5.41, 5.74) is 4.69. The van der Waals surface area contributed by atoms with Crippen LogP contribution in [0.3, 0.4) is 0 Å². The molecule has 20 heteroatoms. The third kappa shape index (κ3) is 20.9. The maximum Gasteiger partial charge on any atom is 0.500 e. The summed E-state index contributed by atoms with van der Waals surface area (Å²) in [5.74, 6) is 1.25. The lowest BCUT2D eigenvalue weighted by atomic mass is 9.64. The van der Waals surface area contributed by atoms with Crippen LogP contribution in [0.2, 0.25) is 12.1 Å². The molecule has 2 amide bonds. The average molecular weight is 1190 g/mol. The number of carbonyl (C=O) groups is 2. The van der Waals surface area contributed by atoms with E-state index in [9.17, 15) is 9.59 Å². The molecule has 6 rings (SSSR count). The first-order valence-corrected chi connectivity index (χ1v) is 33.4. The Kier molecular flexibility index (Phi) is 28.7. The van der Waals surface area contributed by atoms with Crippen LogP contribution in [-0.4, -0.2) is 160 Å². The summed E-state index contributed by atoms with van der Waals surface area (Å²) in [6.07, 6.45) is 2.55. The molecule has 2 fully saturated rings. The van der Waals surface area contributed by atoms with E-state index in [1.54, 1.807) is 12.2 Å². The van der Waals surface area contributed by atoms with Crippen molar-refractivity contribution < 1.29 is 74.0 Å². The molecule has 0 saturated carbocycles. The van der Waals surface area contributed by atoms with Gasteiger partial charge in [0.25, 0.3) is 0 Å². The Morgan fingerprint density at radius 3 is 1.45 bits per heavy atom. The largest absolute Gasteiger partial charge is 0.500 e. The molecule has 0 aliphatic carbocycles. The first-order chi connectivity index (χ1) is 40.5. The SMILES string of the molecule is C=CCOCC(COc1ccc(C(c2ccccc2)(c2ccccc2)c2ccc(OCC3CO3)c(CC(COCC=C)OC(=O)NCCC[Si](OCC)(OCC)OCC)c2)cc1CC1CO1)OC(=O)NCCC[Si](OCC)(OCC)OCC. The van der Waals surface area contributed by atoms with Gasteiger partial charge in [-0.2, -0.15) is 0 Å². The molecule has 4 aromatic rings. The molecule has 0 spiro atoms. The monoisotopic (exact) mass is 1190 g/mol. The zero-order chi connectivity index (χ0) is 59.2. The fourth-order valence-corrected chi connectivity index (χ4v) is 15.2. The second kappa shape index (κ2) is 35.7. The first-order valence-electron chi connectivity index (χ1n) is 29.5. The van der Waals surface area contributed by atoms with Gasteiger partial charge in [0.15, 0.2) is 6.10 Å². The molecular formula is C63H90N2O16Si2. The molecular weight excluding hydrogens is 1100 g/mol. The number of ether oxygens (including phenoxy) is 8. The Balaban J connectivity index is 1.33. The predicted octanol–water partition coefficient (Wildman–Crippen LogP) is 10.2. The van der Waals surface area contributed by atoms with Crippen molar-refractivity contribution in [2.75, 3.05) is 106 Å². The van der Waals surface area contributed by atoms with Crippen LogP contribution in [0.5, 0.6) is 11.5 Å². The van der Waals surface area contributed by atoms with Gasteiger partial charge >= 0.3 is 29.8 Å². The topological polar surface area (TPSA) is 194 Å². The number of rotatable bonds is 44. The van der Waals surface area contributed by atoms with Gasteiger partial charge in [-0.25, -0.2) is 9.59 Å². The average Bonchev–Trinajstić information content (AvgIpc) is 2.48. The van der Waals surface area contributed by atoms with Crippen LogP contribution in [0.25, 0.3) is 0 Å². The van der Waals surface area contributed by atoms with E-state index in [2.05, 4.69) is 72.3 Å². The number of epoxide rings is 2. The molecule has 4 atom stereocenters. The molecule has 0 bridgehead atoms. The van der Waals surface area contributed by atoms with Crippen LogP contribution in [0.15, 0.2) is 122 Å². The molecule has 2 aliphatic heterocycles. The van der Waals surface area contributed by atoms with E-state index in [0.29, 0.717) is 115 Å². The molecule has 18 nitrogen and oxygen atoms in total. The van der Waals surface area contributed by atoms with E-state index in [1.165, 1.54) is 0 Å². The normalized spacial score (nSPS) is 15.6. The van der Waals surface area contributed by atoms with Crippen LogP contribution in [0.1, 0.15) is 87.8 Å². The van der Waals surface area contributed by atoms with E-state index >= 15 is 0 Å². The lowest BCUT2D eigenvalue weighted by Gasteiger charge is -2.38. The molecule has 4 unspecified atom stereocenters. The Morgan fingerprint density at radius 2 is 1.00 bits per heavy atom. The fourth-order valence-electron chi connectivity index (χ4n) is 10.0. The summed E-state index contributed by atoms with van der Waals surface area (Å²) < 4.78 is 84.8. The molecule has 456 valence electrons. The van der Waals surface area contributed by atoms with Crippen molar-refractivity contribution in [2.45, 2.75) is 109 Å². The molecule has 2 heterocycles. The highest BCUT2D eigenvalue weighted by Gasteiger charge is 2.42. The van der Waals surface area contributed by atoms with Crippen molar-refractivity contribution in [3.8, 4) is 11.5 Å². The molecule has 0 radical (unpaired) electrons. The summed E-state index contributed by atoms with van der Waals surface area (Å²) in [4.78, 5) is 27.1. The van der Waals surface area contributed by atoms with Crippen molar-refractivity contribution in [3.63, 3.8) is 0 Å². The van der Waals surface area contributed by atoms with Crippen molar-refractivity contribution >= 4 is 29.8 Å². The molecule has 83 heavy (non-hydrogen) atoms. The summed E-state index contributed by atoms with van der Waals surface area (Å²) in [5, 5.41) is 5.83. The smallest absolute Gasteiger partial charge is 0.491 e. The van der Waals surface area contributed by atoms with Crippen LogP contribution in [0, 0.1) is 0 Å². The zero-order valence-corrected chi connectivity index (χ0v) is 51.7. The Morgan fingerprint density at radius 1 is 0.566 bits per heavy atom. The molecule has 2 N–H and O–H groups in total. The minimum absolute atomic E-state index is 0.00644. The van der Waals surface area contributed by atoms with Crippen LogP contribution in [0.4, 0.5) is 9.59 Å². The number of carbonyl (C=O) groups excluding carboxylic acids is 2. The highest BCUT2D eigenvalue weighted by atomic mass is 28.4. The minimum Gasteiger partial charge on any atom is -0.491 e. The zero-order valence-electron chi connectivity index (χ0n) is 49.7. The summed E-state index contributed by atoms with van der Waals surface area (Å²) in [6.45, 7) is 24.9. The third-order valence-corrected chi connectivity index (χ3v) is 19.9. The summed E-state index contributed by atoms with van der Waals surface area (Å²) >= 11 is 0. The van der Waals surface area contributed by atoms with Crippen molar-refractivity contribution in [1.82, 2.24) is 10.6 Å². The highest BCUT2D eigenvalue weighted by Crippen LogP contribution is 2.47. The maximum atomic E-state index is 13.7. The van der Waals surface area contributed by atoms with E-state index in [-0.39, 0.29) is 51.7 Å². The lowest BCUT2D eigenvalue weighted by molar-refractivity contribution is 0.00524. The van der Waals surface area contributed by atoms with Crippen molar-refractivity contribution in [2.24, 2.45) is 0 Å². The minimum atomic E-state index is -2.91. The van der Waals surface area contributed by atoms with Gasteiger partial charge in [-0.05, 0) is 99.9 Å². The molecule has 4 aromatic carbocycles. The van der Waals surface area contributed by atoms with Gasteiger partial charge < -0.3 is 75.1 Å². The van der Waals surface area contributed by atoms with Gasteiger partial charge in [-0.3, -0.25) is 0 Å². The molecule has 0 aromatic heterocycles. The van der Waals surface area contributed by atoms with Gasteiger partial charge in [0.05, 0.1) is 51.2 Å². The van der Waals surface area contributed by atoms with Gasteiger partial charge in [0.2, 0.25) is 0 Å². The standard InChI is InChI=1S/C63H90N2O16Si2/c1-9-35-68-43-56(80-61(66)64-33-23-37-82(74-11-3,75-12-4)76-13-5)42-50-40-54(30-32-60(50)72-47-57-46-71-57)63(51-25-19-17-20-26-51,52-27-21-18-22-28-52)53-29-31-59(49(39-53)41-55-45-70-55)73-48-58(44-69-36-10-2)81-62(67)65-34-24-38-83(77-14-6,78-15-7)79-16-8/h9-10,17-22,25-32,39-40,55-58H,1-2,11-16,23-24,33-38,41-48H2,3-8H3,(H,64,66)(H,65,67). The number of alkyl carbamates (subject to hydrolysis) is 2. The van der Waals surface area contributed by atoms with Gasteiger partial charge in [-0.1, -0.05) is 97.1 Å². The van der Waals surface area contributed by atoms with E-state index in [4.69, 9.17) is 64.5 Å². The number of amides is 2. The van der Waals surface area contributed by atoms with Crippen molar-refractivity contribution in [1.29, 1.82) is 0 Å². The van der Waals surface area contributed by atoms with Crippen LogP contribution in [-0.2, 0) is 73.2 Å². The summed E-state index contributed by atoms with van der Waals surface area (Å²) in [6, 6.07) is 34.4. The van der Waals surface area contributed by atoms with E-state index < -0.39 is 47.4 Å². The second-order valence-electron chi connectivity index (χ2n) is 19.8. The first kappa shape index (κ1) is 66.7. The lowest BCUT2D eigenvalue weighted by Crippen LogP contribution is -2.46. The molecule has 2 aliphatic rings. The van der Waals surface area contributed by atoms with Gasteiger partial charge in [-0.15, -0.1) is 13.2 Å². The van der Waals surface area contributed by atoms with E-state index in [1.807, 2.05) is 90.1 Å². The van der Waals surface area contributed by atoms with Crippen molar-refractivity contribution in [3.05, 3.63) is 156 Å². The number of nitrogens with one attached hydrogen (secondary N) is 2. The van der Waals surface area contributed by atoms with Gasteiger partial charge in [0.1, 0.15) is 36.9 Å². The number of benzene rings is 4.